The molecule has 1 heterocycles. The van der Waals surface area contributed by atoms with Gasteiger partial charge < -0.3 is 28.7 Å². The van der Waals surface area contributed by atoms with Crippen LogP contribution in [0.5, 0.6) is 0 Å². The Kier molecular flexibility index (Phi) is 5.38. The molecule has 0 aromatic heterocycles. The van der Waals surface area contributed by atoms with E-state index in [1.165, 1.54) is 0 Å². The number of benzene rings is 2. The summed E-state index contributed by atoms with van der Waals surface area (Å²) in [6, 6.07) is 3.61. The highest BCUT2D eigenvalue weighted by Gasteiger charge is 2.49. The minimum absolute atomic E-state index is 0. The number of likely N-dealkylation sites (N-methyl/N-ethyl adjacent to an activating group) is 1. The average molecular weight is 605 g/mol. The van der Waals surface area contributed by atoms with Crippen LogP contribution in [0.4, 0.5) is 0 Å². The van der Waals surface area contributed by atoms with Crippen molar-refractivity contribution in [1.82, 2.24) is 4.90 Å². The van der Waals surface area contributed by atoms with E-state index in [0.29, 0.717) is 24.5 Å². The summed E-state index contributed by atoms with van der Waals surface area (Å²) in [5.41, 5.74) is 0.376. The Hall–Kier alpha value is -1.15. The summed E-state index contributed by atoms with van der Waals surface area (Å²) in [6.07, 6.45) is 0.451. The van der Waals surface area contributed by atoms with Gasteiger partial charge in [-0.3, -0.25) is 14.2 Å². The van der Waals surface area contributed by atoms with Gasteiger partial charge in [-0.1, -0.05) is 47.9 Å². The first-order valence-corrected chi connectivity index (χ1v) is 11.8. The normalized spacial score (nSPS) is 30.2. The molecule has 0 N–H and O–H groups in total. The van der Waals surface area contributed by atoms with E-state index >= 15 is 0 Å². The molecule has 0 unspecified atom stereocenters. The molecule has 2 aromatic carbocycles. The van der Waals surface area contributed by atoms with Gasteiger partial charge in [0.1, 0.15) is 5.54 Å². The second-order valence-electron chi connectivity index (χ2n) is 10.9. The summed E-state index contributed by atoms with van der Waals surface area (Å²) in [4.78, 5) is 14.8. The lowest BCUT2D eigenvalue weighted by atomic mass is 9.92. The number of rotatable bonds is 4. The molecule has 3 atom stereocenters. The molecule has 4 rings (SSSR count). The fourth-order valence-electron chi connectivity index (χ4n) is 4.89. The topological polar surface area (TPSA) is 29.5 Å². The molecule has 0 amide bonds. The summed E-state index contributed by atoms with van der Waals surface area (Å²) in [7, 11) is 0. The maximum atomic E-state index is 12.6. The predicted octanol–water partition coefficient (Wildman–Crippen LogP) is 3.01. The van der Waals surface area contributed by atoms with Crippen molar-refractivity contribution in [2.24, 2.45) is 5.41 Å². The van der Waals surface area contributed by atoms with E-state index in [4.69, 9.17) is 27.3 Å². The fourth-order valence-corrected chi connectivity index (χ4v) is 5.07. The van der Waals surface area contributed by atoms with Crippen LogP contribution in [-0.4, -0.2) is 54.2 Å². The van der Waals surface area contributed by atoms with Crippen LogP contribution in [0.25, 0.3) is 0 Å². The van der Waals surface area contributed by atoms with Crippen molar-refractivity contribution in [3.63, 3.8) is 0 Å². The highest BCUT2D eigenvalue weighted by molar-refractivity contribution is 6.30. The maximum absolute atomic E-state index is 12.6. The van der Waals surface area contributed by atoms with Gasteiger partial charge in [-0.15, -0.1) is 0 Å². The van der Waals surface area contributed by atoms with Gasteiger partial charge in [-0.05, 0) is 69.9 Å². The molecule has 6 heteroatoms. The van der Waals surface area contributed by atoms with E-state index in [2.05, 4.69) is 4.90 Å². The number of carbonyl (C=O) groups is 1. The predicted molar refractivity (Wildman–Crippen MR) is 134 cm³/mol. The van der Waals surface area contributed by atoms with E-state index < -0.39 is 35.9 Å². The second kappa shape index (κ2) is 10.1. The van der Waals surface area contributed by atoms with Gasteiger partial charge in [0.05, 0.1) is 36.4 Å². The van der Waals surface area contributed by atoms with Crippen molar-refractivity contribution in [1.29, 1.82) is 0 Å². The van der Waals surface area contributed by atoms with Crippen LogP contribution in [0.1, 0.15) is 80.7 Å². The fraction of sp³-hybridized carbons (Fsp3) is 0.536. The Labute approximate surface area is 238 Å². The highest BCUT2D eigenvalue weighted by Crippen LogP contribution is 2.48. The van der Waals surface area contributed by atoms with Gasteiger partial charge in [0, 0.05) is 23.5 Å². The molecule has 1 aliphatic carbocycles. The number of ether oxygens (including phenoxy) is 1. The molecule has 0 bridgehead atoms. The molecule has 186 valence electrons. The number of halogens is 2. The minimum Gasteiger partial charge on any atom is -1.00 e. The summed E-state index contributed by atoms with van der Waals surface area (Å²) < 4.78 is 72.3. The lowest BCUT2D eigenvalue weighted by molar-refractivity contribution is -0.974. The molecular formula is C28H38ClIN2O2. The standard InChI is InChI=1S/C28H38ClN2O2.HI/c1-27(2,3)26(32)33-19-31(6)15-14-30(18-28(31,4)5)25-17-23(20-10-8-7-9-11-20)22-13-12-21(29)16-24(22)25;/h7-13,16,23,25H,14-15,17-19H2,1-6H3;1H/q+1;/p-1/t23-,25+,31+;/m0./s1/i6D3,7D,8D,9D,10D,11D;. The van der Waals surface area contributed by atoms with Crippen LogP contribution < -0.4 is 24.0 Å². The lowest BCUT2D eigenvalue weighted by Crippen LogP contribution is -3.00. The Morgan fingerprint density at radius 1 is 1.26 bits per heavy atom. The number of esters is 1. The van der Waals surface area contributed by atoms with Crippen molar-refractivity contribution in [2.75, 3.05) is 33.3 Å². The summed E-state index contributed by atoms with van der Waals surface area (Å²) in [6.45, 7) is 7.17. The van der Waals surface area contributed by atoms with Crippen LogP contribution in [0, 0.1) is 5.41 Å². The number of hydrogen-bond donors (Lipinski definition) is 0. The van der Waals surface area contributed by atoms with E-state index in [-0.39, 0.29) is 77.5 Å². The van der Waals surface area contributed by atoms with Crippen molar-refractivity contribution < 1.29 is 49.0 Å². The molecule has 2 aliphatic rings. The summed E-state index contributed by atoms with van der Waals surface area (Å²) in [5, 5.41) is 0.522. The third kappa shape index (κ3) is 5.32. The van der Waals surface area contributed by atoms with Crippen LogP contribution >= 0.6 is 11.6 Å². The van der Waals surface area contributed by atoms with Crippen molar-refractivity contribution in [2.45, 2.75) is 58.5 Å². The molecule has 1 saturated heterocycles. The SMILES string of the molecule is [2H]c1c([2H])c([2H])c([C@@H]2C[C@@H](N3CC[N@@+](COC(=O)C(C)(C)C)(C([2H])([2H])[2H])C(C)(C)C3)c3cc(Cl)ccc32)c([2H])c1[2H].[I-]. The molecule has 0 saturated carbocycles. The number of fused-ring (bicyclic) bond motifs is 1. The van der Waals surface area contributed by atoms with E-state index in [0.717, 1.165) is 11.1 Å². The Morgan fingerprint density at radius 3 is 2.59 bits per heavy atom. The van der Waals surface area contributed by atoms with Gasteiger partial charge in [0.15, 0.2) is 0 Å². The first-order valence-electron chi connectivity index (χ1n) is 15.4. The van der Waals surface area contributed by atoms with Gasteiger partial charge in [0.2, 0.25) is 6.73 Å². The molecule has 2 aromatic rings. The zero-order valence-electron chi connectivity index (χ0n) is 28.4. The average Bonchev–Trinajstić information content (AvgIpc) is 3.22. The Balaban J connectivity index is 0.00000484. The first kappa shape index (κ1) is 18.1. The van der Waals surface area contributed by atoms with E-state index in [1.54, 1.807) is 26.8 Å². The van der Waals surface area contributed by atoms with Gasteiger partial charge in [0.25, 0.3) is 0 Å². The first-order chi connectivity index (χ1) is 18.7. The minimum atomic E-state index is -2.44. The molecule has 1 aliphatic heterocycles. The van der Waals surface area contributed by atoms with Gasteiger partial charge in [-0.25, -0.2) is 0 Å². The summed E-state index contributed by atoms with van der Waals surface area (Å²) in [5.74, 6) is -0.918. The molecule has 34 heavy (non-hydrogen) atoms. The van der Waals surface area contributed by atoms with E-state index in [1.807, 2.05) is 26.0 Å². The number of hydrogen-bond acceptors (Lipinski definition) is 3. The number of piperazine rings is 1. The molecular weight excluding hydrogens is 559 g/mol. The van der Waals surface area contributed by atoms with Crippen LogP contribution in [0.3, 0.4) is 0 Å². The smallest absolute Gasteiger partial charge is 0.315 e. The Bertz CT molecular complexity index is 1350. The quantitative estimate of drug-likeness (QED) is 0.305. The lowest BCUT2D eigenvalue weighted by Gasteiger charge is -2.54. The highest BCUT2D eigenvalue weighted by atomic mass is 127. The zero-order valence-corrected chi connectivity index (χ0v) is 23.3. The molecule has 0 radical (unpaired) electrons. The summed E-state index contributed by atoms with van der Waals surface area (Å²) >= 11 is 6.42. The Morgan fingerprint density at radius 2 is 1.97 bits per heavy atom. The third-order valence-electron chi connectivity index (χ3n) is 7.10. The maximum Gasteiger partial charge on any atom is 0.315 e. The van der Waals surface area contributed by atoms with Crippen LogP contribution in [0.2, 0.25) is 5.02 Å². The van der Waals surface area contributed by atoms with Crippen LogP contribution in [-0.2, 0) is 9.53 Å². The van der Waals surface area contributed by atoms with Crippen molar-refractivity contribution in [3.8, 4) is 0 Å². The van der Waals surface area contributed by atoms with Crippen LogP contribution in [0.15, 0.2) is 48.4 Å². The number of carbonyl (C=O) groups excluding carboxylic acids is 1. The van der Waals surface area contributed by atoms with E-state index in [9.17, 15) is 4.79 Å². The van der Waals surface area contributed by atoms with Crippen molar-refractivity contribution in [3.05, 3.63) is 70.1 Å². The number of nitrogens with zero attached hydrogens (tertiary/aromatic N) is 2. The molecule has 0 spiro atoms. The van der Waals surface area contributed by atoms with Gasteiger partial charge in [-0.2, -0.15) is 0 Å². The van der Waals surface area contributed by atoms with Gasteiger partial charge >= 0.3 is 5.97 Å². The van der Waals surface area contributed by atoms with Crippen molar-refractivity contribution >= 4 is 17.6 Å². The largest absolute Gasteiger partial charge is 1.00 e. The molecule has 1 fully saturated rings. The zero-order chi connectivity index (χ0) is 30.9. The number of quaternary nitrogens is 1. The third-order valence-corrected chi connectivity index (χ3v) is 7.33. The molecule has 4 nitrogen and oxygen atoms in total. The monoisotopic (exact) mass is 604 g/mol. The second-order valence-corrected chi connectivity index (χ2v) is 11.3.